The molecule has 2 heterocycles. The second-order valence-electron chi connectivity index (χ2n) is 6.87. The van der Waals surface area contributed by atoms with Gasteiger partial charge in [0.15, 0.2) is 0 Å². The van der Waals surface area contributed by atoms with Crippen molar-refractivity contribution < 1.29 is 14.4 Å². The molecule has 0 aliphatic carbocycles. The summed E-state index contributed by atoms with van der Waals surface area (Å²) in [4.78, 5) is 39.9. The second kappa shape index (κ2) is 6.71. The highest BCUT2D eigenvalue weighted by molar-refractivity contribution is 8.01. The maximum Gasteiger partial charge on any atom is 0.246 e. The van der Waals surface area contributed by atoms with Crippen molar-refractivity contribution in [1.82, 2.24) is 9.80 Å². The van der Waals surface area contributed by atoms with Crippen LogP contribution in [0.2, 0.25) is 0 Å². The summed E-state index contributed by atoms with van der Waals surface area (Å²) in [6, 6.07) is 7.02. The van der Waals surface area contributed by atoms with E-state index in [1.54, 1.807) is 23.7 Å². The number of likely N-dealkylation sites (N-methyl/N-ethyl adjacent to an activating group) is 1. The molecule has 3 rings (SSSR count). The molecular formula is C18H23N3O3S. The van der Waals surface area contributed by atoms with Crippen LogP contribution in [-0.4, -0.2) is 57.8 Å². The van der Waals surface area contributed by atoms with Gasteiger partial charge in [0.2, 0.25) is 17.7 Å². The summed E-state index contributed by atoms with van der Waals surface area (Å²) in [6.07, 6.45) is 1.27. The number of nitrogens with one attached hydrogen (secondary N) is 1. The van der Waals surface area contributed by atoms with Crippen LogP contribution in [0, 0.1) is 6.92 Å². The van der Waals surface area contributed by atoms with Crippen molar-refractivity contribution in [3.05, 3.63) is 29.8 Å². The summed E-state index contributed by atoms with van der Waals surface area (Å²) in [5.41, 5.74) is 1.82. The number of carbonyl (C=O) groups excluding carboxylic acids is 3. The van der Waals surface area contributed by atoms with Crippen molar-refractivity contribution >= 4 is 35.2 Å². The monoisotopic (exact) mass is 361 g/mol. The molecule has 2 aliphatic heterocycles. The lowest BCUT2D eigenvalue weighted by Gasteiger charge is -2.31. The molecular weight excluding hydrogens is 338 g/mol. The lowest BCUT2D eigenvalue weighted by molar-refractivity contribution is -0.143. The lowest BCUT2D eigenvalue weighted by atomic mass is 10.2. The van der Waals surface area contributed by atoms with Gasteiger partial charge >= 0.3 is 0 Å². The predicted molar refractivity (Wildman–Crippen MR) is 98.2 cm³/mol. The fourth-order valence-corrected chi connectivity index (χ4v) is 4.81. The molecule has 0 bridgehead atoms. The van der Waals surface area contributed by atoms with Crippen molar-refractivity contribution in [2.24, 2.45) is 0 Å². The molecule has 7 heteroatoms. The fourth-order valence-electron chi connectivity index (χ4n) is 3.39. The number of nitrogens with zero attached hydrogens (tertiary/aromatic N) is 2. The Morgan fingerprint density at radius 3 is 2.72 bits per heavy atom. The standard InChI is InChI=1S/C18H23N3O3S/c1-12-4-6-13(7-5-12)19-15(22)10-20(3)17(24)14-11-25-18(2)9-8-16(23)21(14)18/h4-7,14H,8-11H2,1-3H3,(H,19,22)/t14-,18-/m1/s1. The van der Waals surface area contributed by atoms with E-state index in [1.165, 1.54) is 4.90 Å². The molecule has 134 valence electrons. The largest absolute Gasteiger partial charge is 0.335 e. The predicted octanol–water partition coefficient (Wildman–Crippen LogP) is 1.85. The van der Waals surface area contributed by atoms with Crippen LogP contribution in [0.15, 0.2) is 24.3 Å². The van der Waals surface area contributed by atoms with Gasteiger partial charge in [0.1, 0.15) is 6.04 Å². The molecule has 2 saturated heterocycles. The Morgan fingerprint density at radius 2 is 2.04 bits per heavy atom. The van der Waals surface area contributed by atoms with Crippen LogP contribution in [0.25, 0.3) is 0 Å². The van der Waals surface area contributed by atoms with Crippen LogP contribution in [-0.2, 0) is 14.4 Å². The van der Waals surface area contributed by atoms with Gasteiger partial charge in [0.25, 0.3) is 0 Å². The molecule has 0 aromatic heterocycles. The number of anilines is 1. The van der Waals surface area contributed by atoms with Gasteiger partial charge in [0, 0.05) is 24.9 Å². The van der Waals surface area contributed by atoms with Gasteiger partial charge in [-0.1, -0.05) is 17.7 Å². The average Bonchev–Trinajstić information content (AvgIpc) is 3.05. The Morgan fingerprint density at radius 1 is 1.36 bits per heavy atom. The smallest absolute Gasteiger partial charge is 0.246 e. The zero-order valence-corrected chi connectivity index (χ0v) is 15.6. The van der Waals surface area contributed by atoms with E-state index < -0.39 is 6.04 Å². The van der Waals surface area contributed by atoms with E-state index in [1.807, 2.05) is 38.1 Å². The van der Waals surface area contributed by atoms with Crippen LogP contribution < -0.4 is 5.32 Å². The molecule has 2 aliphatic rings. The number of carbonyl (C=O) groups is 3. The summed E-state index contributed by atoms with van der Waals surface area (Å²) in [6.45, 7) is 3.96. The van der Waals surface area contributed by atoms with Gasteiger partial charge in [-0.05, 0) is 32.4 Å². The third-order valence-corrected chi connectivity index (χ3v) is 6.33. The van der Waals surface area contributed by atoms with Crippen molar-refractivity contribution in [2.75, 3.05) is 24.7 Å². The number of aryl methyl sites for hydroxylation is 1. The Balaban J connectivity index is 1.60. The molecule has 1 aromatic carbocycles. The molecule has 2 atom stereocenters. The minimum absolute atomic E-state index is 0.0309. The molecule has 1 aromatic rings. The van der Waals surface area contributed by atoms with Gasteiger partial charge in [0.05, 0.1) is 11.4 Å². The number of hydrogen-bond donors (Lipinski definition) is 1. The van der Waals surface area contributed by atoms with E-state index in [4.69, 9.17) is 0 Å². The molecule has 0 unspecified atom stereocenters. The van der Waals surface area contributed by atoms with E-state index in [0.29, 0.717) is 17.9 Å². The summed E-state index contributed by atoms with van der Waals surface area (Å²) in [5.74, 6) is 0.195. The first-order valence-corrected chi connectivity index (χ1v) is 9.36. The quantitative estimate of drug-likeness (QED) is 0.889. The minimum atomic E-state index is -0.470. The molecule has 3 amide bonds. The first-order chi connectivity index (χ1) is 11.8. The molecule has 0 spiro atoms. The van der Waals surface area contributed by atoms with Crippen molar-refractivity contribution in [1.29, 1.82) is 0 Å². The van der Waals surface area contributed by atoms with Gasteiger partial charge in [-0.15, -0.1) is 11.8 Å². The third-order valence-electron chi connectivity index (χ3n) is 4.82. The van der Waals surface area contributed by atoms with Crippen LogP contribution in [0.3, 0.4) is 0 Å². The Hall–Kier alpha value is -2.02. The van der Waals surface area contributed by atoms with Crippen LogP contribution >= 0.6 is 11.8 Å². The van der Waals surface area contributed by atoms with Crippen molar-refractivity contribution in [2.45, 2.75) is 37.6 Å². The molecule has 6 nitrogen and oxygen atoms in total. The molecule has 1 N–H and O–H groups in total. The summed E-state index contributed by atoms with van der Waals surface area (Å²) < 4.78 is 0. The highest BCUT2D eigenvalue weighted by Crippen LogP contribution is 2.47. The van der Waals surface area contributed by atoms with Gasteiger partial charge in [-0.2, -0.15) is 0 Å². The van der Waals surface area contributed by atoms with E-state index in [-0.39, 0.29) is 29.1 Å². The Labute approximate surface area is 151 Å². The number of rotatable bonds is 4. The zero-order valence-electron chi connectivity index (χ0n) is 14.7. The average molecular weight is 361 g/mol. The fraction of sp³-hybridized carbons (Fsp3) is 0.500. The zero-order chi connectivity index (χ0) is 18.2. The van der Waals surface area contributed by atoms with E-state index in [9.17, 15) is 14.4 Å². The number of hydrogen-bond acceptors (Lipinski definition) is 4. The summed E-state index contributed by atoms with van der Waals surface area (Å²) >= 11 is 1.65. The highest BCUT2D eigenvalue weighted by Gasteiger charge is 2.53. The van der Waals surface area contributed by atoms with Crippen LogP contribution in [0.4, 0.5) is 5.69 Å². The van der Waals surface area contributed by atoms with Gasteiger partial charge < -0.3 is 15.1 Å². The minimum Gasteiger partial charge on any atom is -0.335 e. The SMILES string of the molecule is Cc1ccc(NC(=O)CN(C)C(=O)[C@H]2CS[C@]3(C)CCC(=O)N23)cc1. The maximum absolute atomic E-state index is 12.7. The summed E-state index contributed by atoms with van der Waals surface area (Å²) in [5, 5.41) is 2.79. The molecule has 0 radical (unpaired) electrons. The van der Waals surface area contributed by atoms with Crippen LogP contribution in [0.5, 0.6) is 0 Å². The Bertz CT molecular complexity index is 706. The molecule has 2 fully saturated rings. The van der Waals surface area contributed by atoms with E-state index >= 15 is 0 Å². The maximum atomic E-state index is 12.7. The van der Waals surface area contributed by atoms with Crippen molar-refractivity contribution in [3.8, 4) is 0 Å². The Kier molecular flexibility index (Phi) is 4.77. The van der Waals surface area contributed by atoms with Crippen LogP contribution in [0.1, 0.15) is 25.3 Å². The highest BCUT2D eigenvalue weighted by atomic mass is 32.2. The van der Waals surface area contributed by atoms with Gasteiger partial charge in [-0.3, -0.25) is 14.4 Å². The third kappa shape index (κ3) is 3.51. The number of amides is 3. The first-order valence-electron chi connectivity index (χ1n) is 8.38. The normalized spacial score (nSPS) is 25.0. The van der Waals surface area contributed by atoms with Crippen molar-refractivity contribution in [3.63, 3.8) is 0 Å². The summed E-state index contributed by atoms with van der Waals surface area (Å²) in [7, 11) is 1.61. The van der Waals surface area contributed by atoms with E-state index in [2.05, 4.69) is 5.32 Å². The topological polar surface area (TPSA) is 69.7 Å². The van der Waals surface area contributed by atoms with Gasteiger partial charge in [-0.25, -0.2) is 0 Å². The number of benzene rings is 1. The number of thioether (sulfide) groups is 1. The second-order valence-corrected chi connectivity index (χ2v) is 8.38. The molecule has 0 saturated carbocycles. The lowest BCUT2D eigenvalue weighted by Crippen LogP contribution is -2.51. The molecule has 25 heavy (non-hydrogen) atoms. The van der Waals surface area contributed by atoms with E-state index in [0.717, 1.165) is 12.0 Å². The number of fused-ring (bicyclic) bond motifs is 1. The first kappa shape index (κ1) is 17.8.